The maximum Gasteiger partial charge on any atom is 0.224 e. The molecule has 2 aromatic heterocycles. The molecule has 0 saturated heterocycles. The van der Waals surface area contributed by atoms with E-state index in [0.29, 0.717) is 24.5 Å². The zero-order valence-electron chi connectivity index (χ0n) is 14.9. The highest BCUT2D eigenvalue weighted by Crippen LogP contribution is 2.27. The van der Waals surface area contributed by atoms with E-state index in [1.165, 1.54) is 18.3 Å². The smallest absolute Gasteiger partial charge is 0.224 e. The number of aromatic nitrogens is 2. The fraction of sp³-hybridized carbons (Fsp3) is 0.333. The lowest BCUT2D eigenvalue weighted by Gasteiger charge is -2.05. The Morgan fingerprint density at radius 1 is 1.27 bits per heavy atom. The monoisotopic (exact) mass is 372 g/mol. The van der Waals surface area contributed by atoms with E-state index in [2.05, 4.69) is 20.8 Å². The molecular weight excluding hydrogens is 352 g/mol. The molecule has 26 heavy (non-hydrogen) atoms. The van der Waals surface area contributed by atoms with Gasteiger partial charge in [0.15, 0.2) is 5.13 Å². The van der Waals surface area contributed by atoms with Crippen LogP contribution in [0.2, 0.25) is 0 Å². The van der Waals surface area contributed by atoms with Crippen molar-refractivity contribution in [3.8, 4) is 0 Å². The van der Waals surface area contributed by atoms with Gasteiger partial charge in [-0.2, -0.15) is 0 Å². The molecule has 0 unspecified atom stereocenters. The molecule has 0 atom stereocenters. The first-order valence-electron chi connectivity index (χ1n) is 8.28. The van der Waals surface area contributed by atoms with E-state index in [9.17, 15) is 9.59 Å². The van der Waals surface area contributed by atoms with Gasteiger partial charge >= 0.3 is 0 Å². The van der Waals surface area contributed by atoms with Crippen molar-refractivity contribution in [2.45, 2.75) is 33.6 Å². The molecule has 0 saturated carbocycles. The fourth-order valence-electron chi connectivity index (χ4n) is 2.72. The Labute approximate surface area is 154 Å². The van der Waals surface area contributed by atoms with Crippen molar-refractivity contribution < 1.29 is 14.1 Å². The number of aryl methyl sites for hydroxylation is 2. The second-order valence-electron chi connectivity index (χ2n) is 6.08. The summed E-state index contributed by atoms with van der Waals surface area (Å²) >= 11 is 1.39. The van der Waals surface area contributed by atoms with Gasteiger partial charge < -0.3 is 15.2 Å². The molecular formula is C18H20N4O3S. The van der Waals surface area contributed by atoms with E-state index >= 15 is 0 Å². The maximum atomic E-state index is 12.2. The second kappa shape index (κ2) is 7.65. The molecule has 1 aromatic carbocycles. The van der Waals surface area contributed by atoms with Gasteiger partial charge in [0, 0.05) is 19.0 Å². The van der Waals surface area contributed by atoms with E-state index in [-0.39, 0.29) is 11.8 Å². The van der Waals surface area contributed by atoms with E-state index in [1.54, 1.807) is 0 Å². The molecule has 0 aliphatic heterocycles. The normalized spacial score (nSPS) is 10.9. The minimum atomic E-state index is -0.151. The van der Waals surface area contributed by atoms with Crippen LogP contribution >= 0.6 is 11.3 Å². The van der Waals surface area contributed by atoms with Crippen LogP contribution < -0.4 is 10.6 Å². The molecule has 2 amide bonds. The van der Waals surface area contributed by atoms with Crippen molar-refractivity contribution in [3.05, 3.63) is 40.8 Å². The number of nitrogens with one attached hydrogen (secondary N) is 2. The lowest BCUT2D eigenvalue weighted by atomic mass is 10.1. The number of hydrogen-bond acceptors (Lipinski definition) is 6. The molecule has 8 heteroatoms. The Morgan fingerprint density at radius 3 is 2.77 bits per heavy atom. The van der Waals surface area contributed by atoms with Gasteiger partial charge in [0.1, 0.15) is 5.76 Å². The van der Waals surface area contributed by atoms with Crippen molar-refractivity contribution in [2.24, 2.45) is 0 Å². The van der Waals surface area contributed by atoms with Crippen LogP contribution in [0.5, 0.6) is 0 Å². The number of rotatable bonds is 6. The van der Waals surface area contributed by atoms with Crippen LogP contribution in [0.3, 0.4) is 0 Å². The average Bonchev–Trinajstić information content (AvgIpc) is 3.10. The standard InChI is InChI=1S/C18H20N4O3S/c1-10-14(11(2)25-22-10)6-7-19-17(24)9-13-4-5-15-16(8-13)26-18(21-15)20-12(3)23/h4-5,8H,6-7,9H2,1-3H3,(H,19,24)(H,20,21,23). The van der Waals surface area contributed by atoms with E-state index in [1.807, 2.05) is 32.0 Å². The van der Waals surface area contributed by atoms with E-state index in [4.69, 9.17) is 4.52 Å². The number of amides is 2. The summed E-state index contributed by atoms with van der Waals surface area (Å²) in [6, 6.07) is 5.68. The summed E-state index contributed by atoms with van der Waals surface area (Å²) < 4.78 is 6.06. The SMILES string of the molecule is CC(=O)Nc1nc2ccc(CC(=O)NCCc3c(C)noc3C)cc2s1. The molecule has 0 radical (unpaired) electrons. The molecule has 2 N–H and O–H groups in total. The summed E-state index contributed by atoms with van der Waals surface area (Å²) in [6.45, 7) is 5.76. The molecule has 136 valence electrons. The zero-order valence-corrected chi connectivity index (χ0v) is 15.7. The Bertz CT molecular complexity index is 941. The number of nitrogens with zero attached hydrogens (tertiary/aromatic N) is 2. The van der Waals surface area contributed by atoms with Crippen molar-refractivity contribution in [1.29, 1.82) is 0 Å². The molecule has 7 nitrogen and oxygen atoms in total. The third-order valence-electron chi connectivity index (χ3n) is 3.98. The molecule has 0 aliphatic rings. The number of carbonyl (C=O) groups excluding carboxylic acids is 2. The minimum absolute atomic E-state index is 0.0392. The third kappa shape index (κ3) is 4.26. The van der Waals surface area contributed by atoms with Crippen molar-refractivity contribution >= 4 is 38.5 Å². The molecule has 0 spiro atoms. The van der Waals surface area contributed by atoms with Gasteiger partial charge in [-0.05, 0) is 38.0 Å². The quantitative estimate of drug-likeness (QED) is 0.693. The summed E-state index contributed by atoms with van der Waals surface area (Å²) in [5.74, 6) is 0.604. The molecule has 3 rings (SSSR count). The predicted molar refractivity (Wildman–Crippen MR) is 100 cm³/mol. The lowest BCUT2D eigenvalue weighted by Crippen LogP contribution is -2.27. The first kappa shape index (κ1) is 18.1. The van der Waals surface area contributed by atoms with Crippen LogP contribution in [0.4, 0.5) is 5.13 Å². The van der Waals surface area contributed by atoms with Crippen LogP contribution in [-0.4, -0.2) is 28.5 Å². The van der Waals surface area contributed by atoms with Gasteiger partial charge in [0.05, 0.1) is 22.3 Å². The lowest BCUT2D eigenvalue weighted by molar-refractivity contribution is -0.120. The van der Waals surface area contributed by atoms with Gasteiger partial charge in [0.2, 0.25) is 11.8 Å². The van der Waals surface area contributed by atoms with Gasteiger partial charge in [0.25, 0.3) is 0 Å². The molecule has 3 aromatic rings. The van der Waals surface area contributed by atoms with Crippen LogP contribution in [-0.2, 0) is 22.4 Å². The summed E-state index contributed by atoms with van der Waals surface area (Å²) in [7, 11) is 0. The van der Waals surface area contributed by atoms with Gasteiger partial charge in [-0.3, -0.25) is 9.59 Å². The van der Waals surface area contributed by atoms with Crippen LogP contribution in [0, 0.1) is 13.8 Å². The number of thiazole rings is 1. The van der Waals surface area contributed by atoms with Gasteiger partial charge in [-0.15, -0.1) is 0 Å². The third-order valence-corrected chi connectivity index (χ3v) is 4.91. The molecule has 0 aliphatic carbocycles. The predicted octanol–water partition coefficient (Wildman–Crippen LogP) is 2.76. The Morgan fingerprint density at radius 2 is 2.08 bits per heavy atom. The number of carbonyl (C=O) groups is 2. The molecule has 2 heterocycles. The van der Waals surface area contributed by atoms with Gasteiger partial charge in [-0.25, -0.2) is 4.98 Å². The first-order chi connectivity index (χ1) is 12.4. The van der Waals surface area contributed by atoms with E-state index in [0.717, 1.165) is 32.8 Å². The fourth-order valence-corrected chi connectivity index (χ4v) is 3.69. The van der Waals surface area contributed by atoms with Crippen LogP contribution in [0.15, 0.2) is 22.7 Å². The minimum Gasteiger partial charge on any atom is -0.361 e. The summed E-state index contributed by atoms with van der Waals surface area (Å²) in [5, 5.41) is 10.1. The summed E-state index contributed by atoms with van der Waals surface area (Å²) in [5.41, 5.74) is 3.62. The topological polar surface area (TPSA) is 97.1 Å². The number of fused-ring (bicyclic) bond motifs is 1. The van der Waals surface area contributed by atoms with Crippen molar-refractivity contribution in [1.82, 2.24) is 15.5 Å². The summed E-state index contributed by atoms with van der Waals surface area (Å²) in [4.78, 5) is 27.6. The second-order valence-corrected chi connectivity index (χ2v) is 7.11. The highest BCUT2D eigenvalue weighted by Gasteiger charge is 2.11. The maximum absolute atomic E-state index is 12.2. The first-order valence-corrected chi connectivity index (χ1v) is 9.09. The zero-order chi connectivity index (χ0) is 18.7. The Kier molecular flexibility index (Phi) is 5.32. The largest absolute Gasteiger partial charge is 0.361 e. The Balaban J connectivity index is 1.57. The number of anilines is 1. The number of hydrogen-bond donors (Lipinski definition) is 2. The van der Waals surface area contributed by atoms with Crippen LogP contribution in [0.1, 0.15) is 29.5 Å². The Hall–Kier alpha value is -2.74. The number of benzene rings is 1. The molecule has 0 bridgehead atoms. The van der Waals surface area contributed by atoms with Crippen molar-refractivity contribution in [3.63, 3.8) is 0 Å². The van der Waals surface area contributed by atoms with Crippen LogP contribution in [0.25, 0.3) is 10.2 Å². The van der Waals surface area contributed by atoms with E-state index < -0.39 is 0 Å². The summed E-state index contributed by atoms with van der Waals surface area (Å²) in [6.07, 6.45) is 0.992. The van der Waals surface area contributed by atoms with Gasteiger partial charge in [-0.1, -0.05) is 22.6 Å². The highest BCUT2D eigenvalue weighted by atomic mass is 32.1. The highest BCUT2D eigenvalue weighted by molar-refractivity contribution is 7.22. The molecule has 0 fully saturated rings. The van der Waals surface area contributed by atoms with Crippen molar-refractivity contribution in [2.75, 3.05) is 11.9 Å². The average molecular weight is 372 g/mol.